The summed E-state index contributed by atoms with van der Waals surface area (Å²) in [6.07, 6.45) is 2.45. The van der Waals surface area contributed by atoms with E-state index >= 15 is 0 Å². The molecular formula is C24H26ClN5O2S. The van der Waals surface area contributed by atoms with Crippen LogP contribution in [0.5, 0.6) is 0 Å². The highest BCUT2D eigenvalue weighted by Crippen LogP contribution is 2.47. The van der Waals surface area contributed by atoms with Crippen LogP contribution in [-0.4, -0.2) is 51.9 Å². The van der Waals surface area contributed by atoms with Gasteiger partial charge in [-0.2, -0.15) is 0 Å². The highest BCUT2D eigenvalue weighted by molar-refractivity contribution is 7.15. The van der Waals surface area contributed by atoms with Gasteiger partial charge in [-0.15, -0.1) is 21.5 Å². The summed E-state index contributed by atoms with van der Waals surface area (Å²) in [5, 5.41) is 14.4. The zero-order chi connectivity index (χ0) is 22.5. The molecule has 2 atom stereocenters. The highest BCUT2D eigenvalue weighted by Gasteiger charge is 2.37. The van der Waals surface area contributed by atoms with Gasteiger partial charge in [0, 0.05) is 35.0 Å². The second-order valence-corrected chi connectivity index (χ2v) is 10.5. The number of hydrogen-bond donors (Lipinski definition) is 1. The predicted octanol–water partition coefficient (Wildman–Crippen LogP) is 3.45. The van der Waals surface area contributed by atoms with Crippen molar-refractivity contribution in [2.45, 2.75) is 38.8 Å². The lowest BCUT2D eigenvalue weighted by molar-refractivity contribution is -0.136. The minimum absolute atomic E-state index is 0.0245. The number of ether oxygens (including phenoxy) is 1. The number of hydrogen-bond acceptors (Lipinski definition) is 6. The summed E-state index contributed by atoms with van der Waals surface area (Å²) in [6.45, 7) is 5.32. The first-order chi connectivity index (χ1) is 16.1. The average Bonchev–Trinajstić information content (AvgIpc) is 3.45. The van der Waals surface area contributed by atoms with E-state index in [9.17, 15) is 4.79 Å². The Morgan fingerprint density at radius 1 is 1.24 bits per heavy atom. The van der Waals surface area contributed by atoms with E-state index in [1.165, 1.54) is 21.0 Å². The monoisotopic (exact) mass is 483 g/mol. The number of nitrogens with zero attached hydrogens (tertiary/aromatic N) is 4. The molecule has 2 aliphatic heterocycles. The van der Waals surface area contributed by atoms with Gasteiger partial charge >= 0.3 is 0 Å². The predicted molar refractivity (Wildman–Crippen MR) is 127 cm³/mol. The van der Waals surface area contributed by atoms with Crippen molar-refractivity contribution in [3.63, 3.8) is 0 Å². The van der Waals surface area contributed by atoms with Crippen LogP contribution >= 0.6 is 22.9 Å². The van der Waals surface area contributed by atoms with E-state index in [1.807, 2.05) is 41.4 Å². The fraction of sp³-hybridized carbons (Fsp3) is 0.458. The van der Waals surface area contributed by atoms with E-state index < -0.39 is 0 Å². The van der Waals surface area contributed by atoms with Gasteiger partial charge in [0.25, 0.3) is 0 Å². The van der Waals surface area contributed by atoms with Crippen molar-refractivity contribution in [2.75, 3.05) is 26.3 Å². The Kier molecular flexibility index (Phi) is 5.49. The van der Waals surface area contributed by atoms with Crippen LogP contribution in [-0.2, 0) is 28.9 Å². The maximum absolute atomic E-state index is 12.9. The van der Waals surface area contributed by atoms with Gasteiger partial charge in [-0.25, -0.2) is 0 Å². The lowest BCUT2D eigenvalue weighted by atomic mass is 9.94. The molecule has 172 valence electrons. The van der Waals surface area contributed by atoms with Crippen LogP contribution in [0.3, 0.4) is 0 Å². The number of fused-ring (bicyclic) bond motifs is 5. The van der Waals surface area contributed by atoms with Crippen LogP contribution in [0.1, 0.15) is 45.7 Å². The minimum Gasteiger partial charge on any atom is -0.378 e. The third-order valence-electron chi connectivity index (χ3n) is 6.97. The zero-order valence-corrected chi connectivity index (χ0v) is 20.1. The zero-order valence-electron chi connectivity index (χ0n) is 18.5. The van der Waals surface area contributed by atoms with E-state index in [0.29, 0.717) is 45.2 Å². The number of nitrogens with one attached hydrogen (secondary N) is 1. The Morgan fingerprint density at radius 3 is 2.88 bits per heavy atom. The Bertz CT molecular complexity index is 1220. The summed E-state index contributed by atoms with van der Waals surface area (Å²) in [5.74, 6) is 2.40. The average molecular weight is 484 g/mol. The number of benzene rings is 1. The molecule has 9 heteroatoms. The highest BCUT2D eigenvalue weighted by atomic mass is 35.5. The number of carbonyl (C=O) groups is 1. The van der Waals surface area contributed by atoms with E-state index in [4.69, 9.17) is 16.3 Å². The molecule has 1 N–H and O–H groups in total. The Balaban J connectivity index is 1.36. The topological polar surface area (TPSA) is 72.3 Å². The summed E-state index contributed by atoms with van der Waals surface area (Å²) < 4.78 is 7.60. The molecule has 1 aromatic carbocycles. The summed E-state index contributed by atoms with van der Waals surface area (Å²) in [5.41, 5.74) is 3.71. The molecule has 3 aromatic rings. The summed E-state index contributed by atoms with van der Waals surface area (Å²) >= 11 is 8.49. The van der Waals surface area contributed by atoms with Crippen molar-refractivity contribution >= 4 is 28.8 Å². The maximum atomic E-state index is 12.9. The molecule has 33 heavy (non-hydrogen) atoms. The van der Waals surface area contributed by atoms with Crippen LogP contribution in [0.15, 0.2) is 24.3 Å². The van der Waals surface area contributed by atoms with Gasteiger partial charge in [-0.3, -0.25) is 14.7 Å². The van der Waals surface area contributed by atoms with Crippen molar-refractivity contribution in [1.82, 2.24) is 25.0 Å². The minimum atomic E-state index is -0.0245. The standard InChI is InChI=1S/C24H26ClN5O2S/c1-14-27-28-20-13-26-23(16-4-2-3-5-18(16)25)22-17-10-15(11-19(17)33-24(22)30(14)20)12-21(31)29-6-8-32-9-7-29/h2-5,15,23,26H,6-13H2,1H3/t15-,23-/m0/s1. The van der Waals surface area contributed by atoms with Crippen LogP contribution < -0.4 is 5.32 Å². The third-order valence-corrected chi connectivity index (χ3v) is 8.57. The molecule has 0 unspecified atom stereocenters. The van der Waals surface area contributed by atoms with E-state index in [-0.39, 0.29) is 11.9 Å². The van der Waals surface area contributed by atoms with Gasteiger partial charge < -0.3 is 9.64 Å². The van der Waals surface area contributed by atoms with Gasteiger partial charge in [0.2, 0.25) is 5.91 Å². The Morgan fingerprint density at radius 2 is 2.06 bits per heavy atom. The van der Waals surface area contributed by atoms with E-state index in [0.717, 1.165) is 35.1 Å². The van der Waals surface area contributed by atoms with Crippen LogP contribution in [0.2, 0.25) is 5.02 Å². The second-order valence-electron chi connectivity index (χ2n) is 9.03. The Labute approximate surface area is 201 Å². The first kappa shape index (κ1) is 21.3. The Hall–Kier alpha value is -2.26. The molecule has 0 spiro atoms. The second kappa shape index (κ2) is 8.51. The number of rotatable bonds is 3. The van der Waals surface area contributed by atoms with Gasteiger partial charge in [0.15, 0.2) is 5.82 Å². The van der Waals surface area contributed by atoms with Crippen molar-refractivity contribution in [3.8, 4) is 5.00 Å². The number of amides is 1. The molecule has 0 radical (unpaired) electrons. The third kappa shape index (κ3) is 3.69. The molecule has 4 heterocycles. The molecule has 3 aliphatic rings. The fourth-order valence-corrected chi connectivity index (χ4v) is 7.17. The number of morpholine rings is 1. The van der Waals surface area contributed by atoms with Gasteiger partial charge in [0.1, 0.15) is 10.8 Å². The molecule has 0 bridgehead atoms. The first-order valence-corrected chi connectivity index (χ1v) is 12.7. The first-order valence-electron chi connectivity index (χ1n) is 11.5. The van der Waals surface area contributed by atoms with Crippen molar-refractivity contribution in [2.24, 2.45) is 5.92 Å². The number of aryl methyl sites for hydroxylation is 1. The molecule has 2 aromatic heterocycles. The van der Waals surface area contributed by atoms with Gasteiger partial charge in [-0.1, -0.05) is 29.8 Å². The number of carbonyl (C=O) groups excluding carboxylic acids is 1. The van der Waals surface area contributed by atoms with Gasteiger partial charge in [0.05, 0.1) is 25.8 Å². The normalized spacial score (nSPS) is 21.9. The summed E-state index contributed by atoms with van der Waals surface area (Å²) in [4.78, 5) is 16.2. The smallest absolute Gasteiger partial charge is 0.223 e. The number of halogens is 1. The largest absolute Gasteiger partial charge is 0.378 e. The quantitative estimate of drug-likeness (QED) is 0.617. The van der Waals surface area contributed by atoms with E-state index in [1.54, 1.807) is 0 Å². The van der Waals surface area contributed by atoms with Crippen LogP contribution in [0, 0.1) is 12.8 Å². The lowest BCUT2D eigenvalue weighted by Gasteiger charge is -2.28. The summed E-state index contributed by atoms with van der Waals surface area (Å²) in [7, 11) is 0. The molecule has 1 amide bonds. The molecular weight excluding hydrogens is 458 g/mol. The lowest BCUT2D eigenvalue weighted by Crippen LogP contribution is -2.41. The van der Waals surface area contributed by atoms with Gasteiger partial charge in [-0.05, 0) is 42.9 Å². The van der Waals surface area contributed by atoms with Crippen LogP contribution in [0.25, 0.3) is 5.00 Å². The summed E-state index contributed by atoms with van der Waals surface area (Å²) in [6, 6.07) is 8.03. The van der Waals surface area contributed by atoms with Crippen molar-refractivity contribution < 1.29 is 9.53 Å². The SMILES string of the molecule is Cc1nnc2n1-c1sc3c(c1[C@H](c1ccccc1Cl)NC2)C[C@H](CC(=O)N1CCOCC1)C3. The molecule has 6 rings (SSSR count). The molecule has 1 fully saturated rings. The molecule has 0 saturated carbocycles. The van der Waals surface area contributed by atoms with Crippen LogP contribution in [0.4, 0.5) is 0 Å². The molecule has 7 nitrogen and oxygen atoms in total. The van der Waals surface area contributed by atoms with Crippen molar-refractivity contribution in [3.05, 3.63) is 62.5 Å². The van der Waals surface area contributed by atoms with E-state index in [2.05, 4.69) is 26.1 Å². The molecule has 1 aliphatic carbocycles. The maximum Gasteiger partial charge on any atom is 0.223 e. The number of thiophene rings is 1. The fourth-order valence-electron chi connectivity index (χ4n) is 5.38. The molecule has 1 saturated heterocycles. The van der Waals surface area contributed by atoms with Crippen molar-refractivity contribution in [1.29, 1.82) is 0 Å². The number of aromatic nitrogens is 3.